The van der Waals surface area contributed by atoms with E-state index in [0.29, 0.717) is 16.8 Å². The lowest BCUT2D eigenvalue weighted by molar-refractivity contribution is 0.0311. The Bertz CT molecular complexity index is 743. The lowest BCUT2D eigenvalue weighted by Gasteiger charge is -2.11. The molecule has 0 fully saturated rings. The van der Waals surface area contributed by atoms with Gasteiger partial charge in [0.2, 0.25) is 5.78 Å². The fourth-order valence-corrected chi connectivity index (χ4v) is 2.34. The number of Topliss-reactive ketones (excluding diaryl/α,β-unsaturated/α-hetero) is 1. The Balaban J connectivity index is 2.20. The Morgan fingerprint density at radius 1 is 1.17 bits per heavy atom. The second-order valence-corrected chi connectivity index (χ2v) is 5.11. The maximum Gasteiger partial charge on any atom is 0.355 e. The van der Waals surface area contributed by atoms with Gasteiger partial charge in [-0.1, -0.05) is 0 Å². The summed E-state index contributed by atoms with van der Waals surface area (Å²) in [6, 6.07) is 3.21. The van der Waals surface area contributed by atoms with Gasteiger partial charge in [-0.2, -0.15) is 0 Å². The molecule has 0 aliphatic carbocycles. The third-order valence-electron chi connectivity index (χ3n) is 3.54. The lowest BCUT2D eigenvalue weighted by atomic mass is 10.1. The number of hydrogen-bond donors (Lipinski definition) is 2. The van der Waals surface area contributed by atoms with Gasteiger partial charge < -0.3 is 19.4 Å². The molecular weight excluding hydrogens is 300 g/mol. The minimum atomic E-state index is -0.993. The standard InChI is InChI=1S/C16H18N2O5/c1-8-12(16(21)22-4)9(2)18-13(8)14(19)10(3)23-15(20)11-6-5-7-17-11/h5-7,10,17-18H,1-4H3/t10-/m0/s1. The van der Waals surface area contributed by atoms with Crippen molar-refractivity contribution in [2.75, 3.05) is 7.11 Å². The van der Waals surface area contributed by atoms with Crippen LogP contribution in [0.5, 0.6) is 0 Å². The van der Waals surface area contributed by atoms with Gasteiger partial charge in [-0.25, -0.2) is 9.59 Å². The van der Waals surface area contributed by atoms with Gasteiger partial charge in [-0.15, -0.1) is 0 Å². The number of H-pyrrole nitrogens is 2. The highest BCUT2D eigenvalue weighted by molar-refractivity contribution is 6.04. The molecule has 0 unspecified atom stereocenters. The highest BCUT2D eigenvalue weighted by atomic mass is 16.5. The van der Waals surface area contributed by atoms with E-state index in [1.54, 1.807) is 32.2 Å². The molecule has 2 N–H and O–H groups in total. The number of nitrogens with one attached hydrogen (secondary N) is 2. The number of esters is 2. The molecule has 23 heavy (non-hydrogen) atoms. The Morgan fingerprint density at radius 2 is 1.87 bits per heavy atom. The van der Waals surface area contributed by atoms with E-state index < -0.39 is 23.8 Å². The molecule has 0 aliphatic rings. The van der Waals surface area contributed by atoms with Gasteiger partial charge in [0, 0.05) is 11.9 Å². The molecule has 0 aliphatic heterocycles. The van der Waals surface area contributed by atoms with Crippen LogP contribution in [0.4, 0.5) is 0 Å². The van der Waals surface area contributed by atoms with Crippen LogP contribution >= 0.6 is 0 Å². The van der Waals surface area contributed by atoms with Gasteiger partial charge >= 0.3 is 11.9 Å². The van der Waals surface area contributed by atoms with Crippen LogP contribution < -0.4 is 0 Å². The van der Waals surface area contributed by atoms with Crippen LogP contribution in [0.25, 0.3) is 0 Å². The second-order valence-electron chi connectivity index (χ2n) is 5.11. The van der Waals surface area contributed by atoms with E-state index in [1.807, 2.05) is 0 Å². The monoisotopic (exact) mass is 318 g/mol. The minimum Gasteiger partial charge on any atom is -0.465 e. The van der Waals surface area contributed by atoms with Crippen LogP contribution in [-0.2, 0) is 9.47 Å². The average Bonchev–Trinajstić information content (AvgIpc) is 3.14. The molecule has 0 amide bonds. The Labute approximate surface area is 133 Å². The molecule has 2 aromatic rings. The number of aromatic amines is 2. The van der Waals surface area contributed by atoms with Crippen LogP contribution in [0, 0.1) is 13.8 Å². The van der Waals surface area contributed by atoms with Crippen molar-refractivity contribution in [2.45, 2.75) is 26.9 Å². The van der Waals surface area contributed by atoms with Gasteiger partial charge in [-0.05, 0) is 38.5 Å². The molecule has 7 nitrogen and oxygen atoms in total. The van der Waals surface area contributed by atoms with Crippen LogP contribution in [0.3, 0.4) is 0 Å². The topological polar surface area (TPSA) is 101 Å². The van der Waals surface area contributed by atoms with E-state index in [2.05, 4.69) is 9.97 Å². The molecule has 0 spiro atoms. The van der Waals surface area contributed by atoms with Gasteiger partial charge in [-0.3, -0.25) is 4.79 Å². The first-order chi connectivity index (χ1) is 10.9. The summed E-state index contributed by atoms with van der Waals surface area (Å²) in [6.45, 7) is 4.80. The largest absolute Gasteiger partial charge is 0.465 e. The van der Waals surface area contributed by atoms with Crippen molar-refractivity contribution in [2.24, 2.45) is 0 Å². The van der Waals surface area contributed by atoms with Crippen LogP contribution in [0.15, 0.2) is 18.3 Å². The quantitative estimate of drug-likeness (QED) is 0.650. The highest BCUT2D eigenvalue weighted by Gasteiger charge is 2.27. The van der Waals surface area contributed by atoms with Crippen molar-refractivity contribution in [1.29, 1.82) is 0 Å². The summed E-state index contributed by atoms with van der Waals surface area (Å²) in [5.74, 6) is -1.56. The number of carbonyl (C=O) groups excluding carboxylic acids is 3. The number of ketones is 1. The number of aromatic nitrogens is 2. The fourth-order valence-electron chi connectivity index (χ4n) is 2.34. The number of ether oxygens (including phenoxy) is 2. The zero-order valence-electron chi connectivity index (χ0n) is 13.4. The maximum absolute atomic E-state index is 12.5. The number of aryl methyl sites for hydroxylation is 1. The normalized spacial score (nSPS) is 11.8. The Morgan fingerprint density at radius 3 is 2.43 bits per heavy atom. The first-order valence-corrected chi connectivity index (χ1v) is 7.02. The molecule has 2 aromatic heterocycles. The van der Waals surface area contributed by atoms with E-state index in [0.717, 1.165) is 0 Å². The zero-order valence-corrected chi connectivity index (χ0v) is 13.4. The van der Waals surface area contributed by atoms with E-state index >= 15 is 0 Å². The minimum absolute atomic E-state index is 0.231. The van der Waals surface area contributed by atoms with Crippen LogP contribution in [0.2, 0.25) is 0 Å². The van der Waals surface area contributed by atoms with Crippen molar-refractivity contribution < 1.29 is 23.9 Å². The van der Waals surface area contributed by atoms with Crippen molar-refractivity contribution >= 4 is 17.7 Å². The third kappa shape index (κ3) is 3.18. The second kappa shape index (κ2) is 6.51. The first-order valence-electron chi connectivity index (χ1n) is 7.02. The molecular formula is C16H18N2O5. The van der Waals surface area contributed by atoms with Crippen molar-refractivity contribution in [3.8, 4) is 0 Å². The average molecular weight is 318 g/mol. The molecule has 0 aromatic carbocycles. The number of methoxy groups -OCH3 is 1. The predicted molar refractivity (Wildman–Crippen MR) is 81.6 cm³/mol. The summed E-state index contributed by atoms with van der Waals surface area (Å²) in [7, 11) is 1.27. The van der Waals surface area contributed by atoms with Crippen molar-refractivity contribution in [3.05, 3.63) is 46.5 Å². The summed E-state index contributed by atoms with van der Waals surface area (Å²) in [4.78, 5) is 41.7. The van der Waals surface area contributed by atoms with Crippen LogP contribution in [0.1, 0.15) is 49.5 Å². The SMILES string of the molecule is COC(=O)c1c(C)[nH]c(C(=O)[C@H](C)OC(=O)c2ccc[nH]2)c1C. The molecule has 0 saturated carbocycles. The molecule has 0 saturated heterocycles. The van der Waals surface area contributed by atoms with Gasteiger partial charge in [0.25, 0.3) is 0 Å². The van der Waals surface area contributed by atoms with Gasteiger partial charge in [0.05, 0.1) is 18.4 Å². The summed E-state index contributed by atoms with van der Waals surface area (Å²) < 4.78 is 9.85. The molecule has 0 bridgehead atoms. The van der Waals surface area contributed by atoms with Crippen molar-refractivity contribution in [1.82, 2.24) is 9.97 Å². The first kappa shape index (κ1) is 16.5. The smallest absolute Gasteiger partial charge is 0.355 e. The Hall–Kier alpha value is -2.83. The van der Waals surface area contributed by atoms with E-state index in [-0.39, 0.29) is 11.4 Å². The fraction of sp³-hybridized carbons (Fsp3) is 0.312. The summed E-state index contributed by atoms with van der Waals surface area (Å²) in [5.41, 5.74) is 1.82. The summed E-state index contributed by atoms with van der Waals surface area (Å²) in [5, 5.41) is 0. The molecule has 2 heterocycles. The summed E-state index contributed by atoms with van der Waals surface area (Å²) >= 11 is 0. The molecule has 1 atom stereocenters. The Kier molecular flexibility index (Phi) is 4.68. The third-order valence-corrected chi connectivity index (χ3v) is 3.54. The molecule has 122 valence electrons. The van der Waals surface area contributed by atoms with E-state index in [1.165, 1.54) is 14.0 Å². The lowest BCUT2D eigenvalue weighted by Crippen LogP contribution is -2.25. The van der Waals surface area contributed by atoms with Gasteiger partial charge in [0.15, 0.2) is 6.10 Å². The molecule has 2 rings (SSSR count). The molecule has 7 heteroatoms. The van der Waals surface area contributed by atoms with Crippen molar-refractivity contribution in [3.63, 3.8) is 0 Å². The molecule has 0 radical (unpaired) electrons. The van der Waals surface area contributed by atoms with E-state index in [9.17, 15) is 14.4 Å². The van der Waals surface area contributed by atoms with Crippen LogP contribution in [-0.4, -0.2) is 40.9 Å². The highest BCUT2D eigenvalue weighted by Crippen LogP contribution is 2.21. The number of carbonyl (C=O) groups is 3. The van der Waals surface area contributed by atoms with Gasteiger partial charge in [0.1, 0.15) is 5.69 Å². The number of hydrogen-bond acceptors (Lipinski definition) is 5. The number of rotatable bonds is 5. The maximum atomic E-state index is 12.5. The zero-order chi connectivity index (χ0) is 17.1. The predicted octanol–water partition coefficient (Wildman–Crippen LogP) is 2.17. The summed E-state index contributed by atoms with van der Waals surface area (Å²) in [6.07, 6.45) is 0.595. The van der Waals surface area contributed by atoms with E-state index in [4.69, 9.17) is 9.47 Å².